The zero-order valence-corrected chi connectivity index (χ0v) is 20.9. The number of alkyl halides is 1. The van der Waals surface area contributed by atoms with E-state index in [-0.39, 0.29) is 41.5 Å². The van der Waals surface area contributed by atoms with Crippen LogP contribution in [-0.4, -0.2) is 58.7 Å². The summed E-state index contributed by atoms with van der Waals surface area (Å²) in [4.78, 5) is 37.4. The summed E-state index contributed by atoms with van der Waals surface area (Å²) in [5, 5.41) is -0.298. The third kappa shape index (κ3) is 2.52. The van der Waals surface area contributed by atoms with Crippen LogP contribution in [-0.2, 0) is 33.3 Å². The first kappa shape index (κ1) is 22.9. The number of halogens is 1. The number of epoxide rings is 1. The maximum absolute atomic E-state index is 13.8. The van der Waals surface area contributed by atoms with Crippen molar-refractivity contribution in [3.63, 3.8) is 0 Å². The Morgan fingerprint density at radius 3 is 2.56 bits per heavy atom. The quantitative estimate of drug-likeness (QED) is 0.340. The van der Waals surface area contributed by atoms with E-state index in [4.69, 9.17) is 30.5 Å². The van der Waals surface area contributed by atoms with E-state index in [1.165, 1.54) is 6.92 Å². The molecule has 184 valence electrons. The van der Waals surface area contributed by atoms with Crippen LogP contribution in [0.1, 0.15) is 53.9 Å². The minimum Gasteiger partial charge on any atom is -0.458 e. The Bertz CT molecular complexity index is 1080. The SMILES string of the molecule is CC(=O)OCC(=O)[C@@]12OC(C)(C)O[C@@H]1CC1C3C[C@H](Cl)C4=CC(=O)C=C[C@]4(C)[C@]34O[C@@H]4C[C@@]12C. The molecule has 2 unspecified atom stereocenters. The molecule has 34 heavy (non-hydrogen) atoms. The Morgan fingerprint density at radius 1 is 1.12 bits per heavy atom. The van der Waals surface area contributed by atoms with Crippen molar-refractivity contribution >= 4 is 29.1 Å². The van der Waals surface area contributed by atoms with Crippen LogP contribution in [0.3, 0.4) is 0 Å². The highest BCUT2D eigenvalue weighted by Gasteiger charge is 2.85. The normalized spacial score (nSPS) is 51.4. The lowest BCUT2D eigenvalue weighted by Gasteiger charge is -2.56. The smallest absolute Gasteiger partial charge is 0.303 e. The molecule has 6 rings (SSSR count). The molecule has 2 aliphatic heterocycles. The number of esters is 1. The Hall–Kier alpha value is -1.54. The van der Waals surface area contributed by atoms with Gasteiger partial charge < -0.3 is 18.9 Å². The first-order valence-corrected chi connectivity index (χ1v) is 12.6. The topological polar surface area (TPSA) is 91.4 Å². The van der Waals surface area contributed by atoms with Gasteiger partial charge in [-0.1, -0.05) is 13.0 Å². The summed E-state index contributed by atoms with van der Waals surface area (Å²) in [6, 6.07) is 0. The molecule has 8 heteroatoms. The van der Waals surface area contributed by atoms with Gasteiger partial charge in [0.15, 0.2) is 23.8 Å². The van der Waals surface area contributed by atoms with Gasteiger partial charge in [0.05, 0.1) is 17.6 Å². The van der Waals surface area contributed by atoms with Gasteiger partial charge in [-0.2, -0.15) is 0 Å². The van der Waals surface area contributed by atoms with Crippen LogP contribution >= 0.6 is 11.6 Å². The van der Waals surface area contributed by atoms with E-state index < -0.39 is 39.9 Å². The maximum atomic E-state index is 13.8. The van der Waals surface area contributed by atoms with Crippen molar-refractivity contribution in [2.24, 2.45) is 22.7 Å². The van der Waals surface area contributed by atoms with Crippen molar-refractivity contribution in [3.8, 4) is 0 Å². The number of ether oxygens (including phenoxy) is 4. The fraction of sp³-hybridized carbons (Fsp3) is 0.731. The third-order valence-corrected chi connectivity index (χ3v) is 10.1. The number of carbonyl (C=O) groups excluding carboxylic acids is 3. The number of ketones is 2. The number of carbonyl (C=O) groups is 3. The summed E-state index contributed by atoms with van der Waals surface area (Å²) in [7, 11) is 0. The highest BCUT2D eigenvalue weighted by Crippen LogP contribution is 2.77. The second kappa shape index (κ2) is 6.61. The Labute approximate surface area is 204 Å². The predicted molar refractivity (Wildman–Crippen MR) is 121 cm³/mol. The van der Waals surface area contributed by atoms with Gasteiger partial charge in [0, 0.05) is 17.8 Å². The standard InChI is InChI=1S/C26H31ClO7/c1-13(28)31-12-19(30)26-20(32-22(2,3)34-26)10-15-16-9-18(27)17-8-14(29)6-7-23(17,4)25(16)21(33-25)11-24(15,26)5/h6-8,15-16,18,20-21H,9-12H2,1-5H3/t15?,16?,18-,20+,21+,23-,24-,25-,26+/m0/s1. The summed E-state index contributed by atoms with van der Waals surface area (Å²) in [5.41, 5.74) is -1.82. The molecule has 6 aliphatic rings. The molecule has 9 atom stereocenters. The molecule has 2 saturated heterocycles. The first-order valence-electron chi connectivity index (χ1n) is 12.1. The van der Waals surface area contributed by atoms with E-state index in [9.17, 15) is 14.4 Å². The predicted octanol–water partition coefficient (Wildman–Crippen LogP) is 3.28. The lowest BCUT2D eigenvalue weighted by molar-refractivity contribution is -0.212. The van der Waals surface area contributed by atoms with E-state index >= 15 is 0 Å². The minimum absolute atomic E-state index is 0.0414. The molecule has 2 heterocycles. The monoisotopic (exact) mass is 490 g/mol. The van der Waals surface area contributed by atoms with Crippen LogP contribution < -0.4 is 0 Å². The molecule has 4 aliphatic carbocycles. The first-order chi connectivity index (χ1) is 15.8. The number of allylic oxidation sites excluding steroid dienone is 2. The van der Waals surface area contributed by atoms with Crippen LogP contribution in [0.5, 0.6) is 0 Å². The number of Topliss-reactive ketones (excluding diaryl/α,β-unsaturated/α-hetero) is 1. The maximum Gasteiger partial charge on any atom is 0.303 e. The van der Waals surface area contributed by atoms with Crippen LogP contribution in [0, 0.1) is 22.7 Å². The molecule has 7 nitrogen and oxygen atoms in total. The zero-order chi connectivity index (χ0) is 24.5. The molecule has 0 radical (unpaired) electrons. The summed E-state index contributed by atoms with van der Waals surface area (Å²) in [5.74, 6) is -1.61. The lowest BCUT2D eigenvalue weighted by atomic mass is 9.46. The van der Waals surface area contributed by atoms with Crippen molar-refractivity contribution in [1.82, 2.24) is 0 Å². The van der Waals surface area contributed by atoms with Crippen LogP contribution in [0.2, 0.25) is 0 Å². The number of hydrogen-bond acceptors (Lipinski definition) is 7. The summed E-state index contributed by atoms with van der Waals surface area (Å²) >= 11 is 6.93. The zero-order valence-electron chi connectivity index (χ0n) is 20.2. The van der Waals surface area contributed by atoms with E-state index in [1.807, 2.05) is 19.9 Å². The second-order valence-corrected chi connectivity index (χ2v) is 12.3. The molecule has 0 bridgehead atoms. The van der Waals surface area contributed by atoms with Gasteiger partial charge in [-0.3, -0.25) is 14.4 Å². The number of rotatable bonds is 3. The van der Waals surface area contributed by atoms with Crippen molar-refractivity contribution in [2.45, 2.75) is 88.5 Å². The highest BCUT2D eigenvalue weighted by molar-refractivity contribution is 6.23. The van der Waals surface area contributed by atoms with Gasteiger partial charge in [0.1, 0.15) is 5.60 Å². The molecule has 0 aromatic carbocycles. The van der Waals surface area contributed by atoms with E-state index in [0.717, 1.165) is 5.57 Å². The minimum atomic E-state index is -1.23. The van der Waals surface area contributed by atoms with Crippen molar-refractivity contribution in [1.29, 1.82) is 0 Å². The fourth-order valence-corrected chi connectivity index (χ4v) is 8.99. The van der Waals surface area contributed by atoms with Gasteiger partial charge >= 0.3 is 5.97 Å². The molecule has 5 fully saturated rings. The number of fused-ring (bicyclic) bond motifs is 5. The summed E-state index contributed by atoms with van der Waals surface area (Å²) < 4.78 is 24.6. The van der Waals surface area contributed by atoms with Gasteiger partial charge in [0.25, 0.3) is 0 Å². The second-order valence-electron chi connectivity index (χ2n) is 11.8. The van der Waals surface area contributed by atoms with Crippen LogP contribution in [0.4, 0.5) is 0 Å². The van der Waals surface area contributed by atoms with Crippen LogP contribution in [0.25, 0.3) is 0 Å². The third-order valence-electron chi connectivity index (χ3n) is 9.73. The average molecular weight is 491 g/mol. The van der Waals surface area contributed by atoms with Crippen LogP contribution in [0.15, 0.2) is 23.8 Å². The van der Waals surface area contributed by atoms with E-state index in [2.05, 4.69) is 13.8 Å². The number of hydrogen-bond donors (Lipinski definition) is 0. The van der Waals surface area contributed by atoms with Crippen molar-refractivity contribution in [2.75, 3.05) is 6.61 Å². The van der Waals surface area contributed by atoms with Crippen molar-refractivity contribution < 1.29 is 33.3 Å². The van der Waals surface area contributed by atoms with Gasteiger partial charge in [-0.15, -0.1) is 11.6 Å². The summed E-state index contributed by atoms with van der Waals surface area (Å²) in [6.45, 7) is 8.82. The van der Waals surface area contributed by atoms with Gasteiger partial charge in [0.2, 0.25) is 5.78 Å². The summed E-state index contributed by atoms with van der Waals surface area (Å²) in [6.07, 6.45) is 6.64. The Kier molecular flexibility index (Phi) is 4.45. The van der Waals surface area contributed by atoms with E-state index in [0.29, 0.717) is 19.3 Å². The van der Waals surface area contributed by atoms with Gasteiger partial charge in [-0.05, 0) is 69.6 Å². The molecule has 0 amide bonds. The van der Waals surface area contributed by atoms with E-state index in [1.54, 1.807) is 12.2 Å². The molecule has 0 aromatic rings. The molecule has 0 N–H and O–H groups in total. The fourth-order valence-electron chi connectivity index (χ4n) is 8.51. The molecular formula is C26H31ClO7. The average Bonchev–Trinajstić information content (AvgIpc) is 3.32. The molecule has 1 spiro atoms. The van der Waals surface area contributed by atoms with Gasteiger partial charge in [-0.25, -0.2) is 0 Å². The Balaban J connectivity index is 1.43. The highest BCUT2D eigenvalue weighted by atomic mass is 35.5. The molecule has 0 aromatic heterocycles. The molecular weight excluding hydrogens is 460 g/mol. The lowest BCUT2D eigenvalue weighted by Crippen LogP contribution is -2.64. The van der Waals surface area contributed by atoms with Crippen molar-refractivity contribution in [3.05, 3.63) is 23.8 Å². The molecule has 3 saturated carbocycles. The Morgan fingerprint density at radius 2 is 1.85 bits per heavy atom. The largest absolute Gasteiger partial charge is 0.458 e.